The topological polar surface area (TPSA) is 52.3 Å². The molecule has 1 rings (SSSR count). The number of hydrogen-bond donors (Lipinski definition) is 2. The molecule has 2 N–H and O–H groups in total. The molecule has 1 heterocycles. The molecule has 0 aromatic rings. The van der Waals surface area contributed by atoms with Gasteiger partial charge in [0.25, 0.3) is 0 Å². The van der Waals surface area contributed by atoms with E-state index < -0.39 is 4.44 Å². The van der Waals surface area contributed by atoms with E-state index in [1.807, 2.05) is 0 Å². The van der Waals surface area contributed by atoms with Gasteiger partial charge in [0.2, 0.25) is 0 Å². The van der Waals surface area contributed by atoms with Crippen LogP contribution in [0.4, 0.5) is 0 Å². The van der Waals surface area contributed by atoms with Crippen molar-refractivity contribution in [2.24, 2.45) is 5.73 Å². The van der Waals surface area contributed by atoms with Gasteiger partial charge >= 0.3 is 72.8 Å². The summed E-state index contributed by atoms with van der Waals surface area (Å²) < 4.78 is 3.61. The monoisotopic (exact) mass is 278 g/mol. The third-order valence-electron chi connectivity index (χ3n) is 1.01. The first-order chi connectivity index (χ1) is 4.11. The number of rotatable bonds is 1. The number of carbonyl (C=O) groups excluding carboxylic acids is 1. The summed E-state index contributed by atoms with van der Waals surface area (Å²) in [6, 6.07) is 0. The predicted octanol–water partition coefficient (Wildman–Crippen LogP) is -1.76. The molecule has 1 aliphatic heterocycles. The van der Waals surface area contributed by atoms with Crippen molar-refractivity contribution < 1.29 is 8.61 Å². The Kier molecular flexibility index (Phi) is 2.16. The van der Waals surface area contributed by atoms with Crippen molar-refractivity contribution in [1.82, 2.24) is 0 Å². The zero-order chi connectivity index (χ0) is 7.07. The summed E-state index contributed by atoms with van der Waals surface area (Å²) in [4.78, 5) is 10.7. The summed E-state index contributed by atoms with van der Waals surface area (Å²) in [5.74, 6) is -0.387. The molecule has 1 aliphatic rings. The van der Waals surface area contributed by atoms with Gasteiger partial charge in [-0.2, -0.15) is 0 Å². The molecule has 1 saturated heterocycles. The second-order valence-electron chi connectivity index (χ2n) is 1.63. The molecule has 0 aliphatic carbocycles. The molecule has 0 bridgehead atoms. The van der Waals surface area contributed by atoms with Gasteiger partial charge in [0, 0.05) is 0 Å². The molecule has 0 amide bonds. The van der Waals surface area contributed by atoms with Crippen LogP contribution in [0.5, 0.6) is 0 Å². The number of carbonyl (C=O) groups is 1. The fourth-order valence-corrected chi connectivity index (χ4v) is 3.06. The van der Waals surface area contributed by atoms with Gasteiger partial charge in [-0.3, -0.25) is 0 Å². The van der Waals surface area contributed by atoms with E-state index in [0.717, 1.165) is 0 Å². The van der Waals surface area contributed by atoms with E-state index in [-0.39, 0.29) is 25.1 Å². The Labute approximate surface area is 72.8 Å². The van der Waals surface area contributed by atoms with Crippen LogP contribution in [0.15, 0.2) is 0 Å². The molecule has 2 atom stereocenters. The molecule has 1 radical (unpaired) electrons. The van der Waals surface area contributed by atoms with Gasteiger partial charge in [-0.15, -0.1) is 0 Å². The second-order valence-corrected chi connectivity index (χ2v) is 6.19. The third kappa shape index (κ3) is 1.29. The van der Waals surface area contributed by atoms with Crippen molar-refractivity contribution in [3.05, 3.63) is 0 Å². The van der Waals surface area contributed by atoms with Crippen molar-refractivity contribution in [3.63, 3.8) is 0 Å². The Morgan fingerprint density at radius 3 is 2.56 bits per heavy atom. The first-order valence-electron chi connectivity index (χ1n) is 2.10. The van der Waals surface area contributed by atoms with E-state index in [0.29, 0.717) is 0 Å². The van der Waals surface area contributed by atoms with Crippen LogP contribution >= 0.6 is 12.6 Å². The maximum absolute atomic E-state index is 10.7. The molecule has 0 aromatic carbocycles. The average Bonchev–Trinajstić information content (AvgIpc) is 2.41. The summed E-state index contributed by atoms with van der Waals surface area (Å²) in [6.07, 6.45) is 0. The van der Waals surface area contributed by atoms with Crippen LogP contribution in [-0.4, -0.2) is 45.9 Å². The van der Waals surface area contributed by atoms with E-state index in [1.54, 1.807) is 0 Å². The van der Waals surface area contributed by atoms with Gasteiger partial charge in [-0.1, -0.05) is 0 Å². The molecule has 0 saturated carbocycles. The van der Waals surface area contributed by atoms with Crippen LogP contribution < -0.4 is 5.73 Å². The Bertz CT molecular complexity index is 155. The van der Waals surface area contributed by atoms with Crippen LogP contribution in [0.2, 0.25) is 0 Å². The standard InChI is InChI=1S/C3H4NO2SSe2/c4-3(1(5)6-8)2(7)9-3/h2,7H,4H2. The zero-order valence-electron chi connectivity index (χ0n) is 4.23. The van der Waals surface area contributed by atoms with Crippen LogP contribution in [0.25, 0.3) is 0 Å². The zero-order valence-corrected chi connectivity index (χ0v) is 8.56. The van der Waals surface area contributed by atoms with Gasteiger partial charge in [-0.05, 0) is 0 Å². The van der Waals surface area contributed by atoms with Crippen LogP contribution in [0.3, 0.4) is 0 Å². The fraction of sp³-hybridized carbons (Fsp3) is 0.667. The summed E-state index contributed by atoms with van der Waals surface area (Å²) in [6.45, 7) is 0. The molecule has 0 spiro atoms. The van der Waals surface area contributed by atoms with Crippen LogP contribution in [0.1, 0.15) is 0 Å². The van der Waals surface area contributed by atoms with Gasteiger partial charge in [0.05, 0.1) is 0 Å². The van der Waals surface area contributed by atoms with E-state index >= 15 is 0 Å². The maximum atomic E-state index is 10.7. The Balaban J connectivity index is 2.53. The predicted molar refractivity (Wildman–Crippen MR) is 37.3 cm³/mol. The Hall–Kier alpha value is 0.819. The summed E-state index contributed by atoms with van der Waals surface area (Å²) in [5.41, 5.74) is 5.50. The third-order valence-corrected chi connectivity index (χ3v) is 5.05. The van der Waals surface area contributed by atoms with Crippen LogP contribution in [-0.2, 0) is 8.61 Å². The molecule has 51 valence electrons. The fourth-order valence-electron chi connectivity index (χ4n) is 0.365. The average molecular weight is 276 g/mol. The minimum atomic E-state index is -0.749. The first-order valence-corrected chi connectivity index (χ1v) is 5.16. The summed E-state index contributed by atoms with van der Waals surface area (Å²) >= 11 is 6.30. The van der Waals surface area contributed by atoms with Crippen LogP contribution in [0, 0.1) is 0 Å². The Morgan fingerprint density at radius 2 is 2.44 bits per heavy atom. The molecule has 2 unspecified atom stereocenters. The van der Waals surface area contributed by atoms with Gasteiger partial charge < -0.3 is 0 Å². The van der Waals surface area contributed by atoms with E-state index in [1.165, 1.54) is 0 Å². The van der Waals surface area contributed by atoms with Gasteiger partial charge in [-0.25, -0.2) is 0 Å². The molecule has 9 heavy (non-hydrogen) atoms. The van der Waals surface area contributed by atoms with Crippen molar-refractivity contribution >= 4 is 49.9 Å². The molecular formula is C3H4NO2SSe2. The van der Waals surface area contributed by atoms with Gasteiger partial charge in [0.1, 0.15) is 0 Å². The number of thiol groups is 1. The SMILES string of the molecule is NC1(C(=O)O[Se])[Se]C1S. The first kappa shape index (κ1) is 7.92. The van der Waals surface area contributed by atoms with Crippen molar-refractivity contribution in [2.75, 3.05) is 0 Å². The molecule has 3 nitrogen and oxygen atoms in total. The van der Waals surface area contributed by atoms with E-state index in [9.17, 15) is 4.79 Å². The van der Waals surface area contributed by atoms with Crippen molar-refractivity contribution in [3.8, 4) is 0 Å². The van der Waals surface area contributed by atoms with E-state index in [2.05, 4.69) is 32.8 Å². The summed E-state index contributed by atoms with van der Waals surface area (Å²) in [5, 5.41) is 0. The van der Waals surface area contributed by atoms with Crippen molar-refractivity contribution in [2.45, 2.75) is 8.59 Å². The molecule has 0 aromatic heterocycles. The second kappa shape index (κ2) is 2.46. The molecular weight excluding hydrogens is 272 g/mol. The van der Waals surface area contributed by atoms with Gasteiger partial charge in [0.15, 0.2) is 0 Å². The number of hydrogen-bond acceptors (Lipinski definition) is 4. The summed E-state index contributed by atoms with van der Waals surface area (Å²) in [7, 11) is 0. The minimum absolute atomic E-state index is 0.0332. The molecule has 6 heteroatoms. The quantitative estimate of drug-likeness (QED) is 0.441. The van der Waals surface area contributed by atoms with Crippen molar-refractivity contribution in [1.29, 1.82) is 0 Å². The van der Waals surface area contributed by atoms with E-state index in [4.69, 9.17) is 5.73 Å². The molecule has 1 fully saturated rings. The normalized spacial score (nSPS) is 40.1. The number of nitrogens with two attached hydrogens (primary N) is 1. The Morgan fingerprint density at radius 1 is 2.00 bits per heavy atom.